The minimum atomic E-state index is 0.252. The van der Waals surface area contributed by atoms with Gasteiger partial charge in [0, 0.05) is 31.8 Å². The van der Waals surface area contributed by atoms with Crippen molar-refractivity contribution < 1.29 is 4.79 Å². The van der Waals surface area contributed by atoms with Gasteiger partial charge in [0.15, 0.2) is 5.82 Å². The number of likely N-dealkylation sites (tertiary alicyclic amines) is 1. The van der Waals surface area contributed by atoms with Gasteiger partial charge in [0.2, 0.25) is 10.9 Å². The van der Waals surface area contributed by atoms with E-state index in [2.05, 4.69) is 36.1 Å². The van der Waals surface area contributed by atoms with E-state index in [4.69, 9.17) is 0 Å². The second-order valence-corrected chi connectivity index (χ2v) is 7.51. The number of piperidine rings is 1. The topological polar surface area (TPSA) is 63.4 Å². The maximum atomic E-state index is 12.3. The number of nitrogens with zero attached hydrogens (tertiary/aromatic N) is 5. The monoisotopic (exact) mass is 321 g/mol. The van der Waals surface area contributed by atoms with Crippen LogP contribution in [0.5, 0.6) is 0 Å². The van der Waals surface area contributed by atoms with Gasteiger partial charge < -0.3 is 4.90 Å². The second-order valence-electron chi connectivity index (χ2n) is 6.47. The first-order valence-electron chi connectivity index (χ1n) is 8.03. The molecule has 0 radical (unpaired) electrons. The van der Waals surface area contributed by atoms with Crippen LogP contribution in [0.25, 0.3) is 4.96 Å². The number of rotatable bonds is 4. The summed E-state index contributed by atoms with van der Waals surface area (Å²) in [6, 6.07) is 0. The zero-order valence-electron chi connectivity index (χ0n) is 13.4. The summed E-state index contributed by atoms with van der Waals surface area (Å²) in [5.41, 5.74) is 0. The van der Waals surface area contributed by atoms with Crippen molar-refractivity contribution >= 4 is 22.2 Å². The number of carbonyl (C=O) groups excluding carboxylic acids is 1. The highest BCUT2D eigenvalue weighted by Crippen LogP contribution is 2.21. The highest BCUT2D eigenvalue weighted by atomic mass is 32.1. The molecule has 1 saturated heterocycles. The summed E-state index contributed by atoms with van der Waals surface area (Å²) in [5.74, 6) is 2.18. The number of hydrogen-bond donors (Lipinski definition) is 0. The van der Waals surface area contributed by atoms with Crippen molar-refractivity contribution in [2.75, 3.05) is 13.1 Å². The first-order chi connectivity index (χ1) is 10.5. The van der Waals surface area contributed by atoms with Gasteiger partial charge in [-0.2, -0.15) is 9.61 Å². The van der Waals surface area contributed by atoms with Crippen molar-refractivity contribution in [1.82, 2.24) is 24.7 Å². The van der Waals surface area contributed by atoms with E-state index in [0.29, 0.717) is 18.8 Å². The van der Waals surface area contributed by atoms with E-state index >= 15 is 0 Å². The summed E-state index contributed by atoms with van der Waals surface area (Å²) in [4.78, 5) is 15.1. The largest absolute Gasteiger partial charge is 0.343 e. The molecule has 120 valence electrons. The molecule has 3 rings (SSSR count). The minimum absolute atomic E-state index is 0.252. The Morgan fingerprint density at radius 2 is 2.05 bits per heavy atom. The van der Waals surface area contributed by atoms with Crippen molar-refractivity contribution in [2.45, 2.75) is 52.4 Å². The van der Waals surface area contributed by atoms with E-state index in [1.54, 1.807) is 0 Å². The lowest BCUT2D eigenvalue weighted by Gasteiger charge is -2.30. The molecular weight excluding hydrogens is 298 g/mol. The Morgan fingerprint density at radius 1 is 1.32 bits per heavy atom. The molecule has 0 unspecified atom stereocenters. The van der Waals surface area contributed by atoms with Crippen LogP contribution in [0.3, 0.4) is 0 Å². The molecule has 1 aliphatic heterocycles. The average Bonchev–Trinajstić information content (AvgIpc) is 3.04. The fourth-order valence-electron chi connectivity index (χ4n) is 2.76. The normalized spacial score (nSPS) is 16.8. The smallest absolute Gasteiger partial charge is 0.234 e. The summed E-state index contributed by atoms with van der Waals surface area (Å²) < 4.78 is 1.82. The van der Waals surface area contributed by atoms with Crippen molar-refractivity contribution in [1.29, 1.82) is 0 Å². The van der Waals surface area contributed by atoms with Crippen LogP contribution in [0.2, 0.25) is 0 Å². The molecule has 0 bridgehead atoms. The molecule has 0 saturated carbocycles. The molecular formula is C15H23N5OS. The van der Waals surface area contributed by atoms with Gasteiger partial charge in [-0.1, -0.05) is 32.1 Å². The first-order valence-corrected chi connectivity index (χ1v) is 8.85. The highest BCUT2D eigenvalue weighted by Gasteiger charge is 2.21. The predicted molar refractivity (Wildman–Crippen MR) is 86.0 cm³/mol. The van der Waals surface area contributed by atoms with E-state index in [1.165, 1.54) is 11.3 Å². The van der Waals surface area contributed by atoms with Crippen LogP contribution in [-0.4, -0.2) is 43.7 Å². The van der Waals surface area contributed by atoms with Gasteiger partial charge in [0.05, 0.1) is 0 Å². The minimum Gasteiger partial charge on any atom is -0.343 e. The molecule has 0 atom stereocenters. The Labute approximate surface area is 134 Å². The molecule has 2 aromatic rings. The number of amides is 1. The molecule has 0 aromatic carbocycles. The summed E-state index contributed by atoms with van der Waals surface area (Å²) in [7, 11) is 0. The second kappa shape index (κ2) is 6.32. The number of aryl methyl sites for hydroxylation is 1. The van der Waals surface area contributed by atoms with E-state index < -0.39 is 0 Å². The molecule has 0 N–H and O–H groups in total. The quantitative estimate of drug-likeness (QED) is 0.868. The van der Waals surface area contributed by atoms with E-state index in [-0.39, 0.29) is 5.91 Å². The summed E-state index contributed by atoms with van der Waals surface area (Å²) in [5, 5.41) is 13.8. The van der Waals surface area contributed by atoms with Crippen LogP contribution in [-0.2, 0) is 11.2 Å². The lowest BCUT2D eigenvalue weighted by molar-refractivity contribution is -0.132. The summed E-state index contributed by atoms with van der Waals surface area (Å²) >= 11 is 1.53. The molecule has 0 aliphatic carbocycles. The Morgan fingerprint density at radius 3 is 2.73 bits per heavy atom. The molecule has 1 aliphatic rings. The number of aromatic nitrogens is 4. The predicted octanol–water partition coefficient (Wildman–Crippen LogP) is 2.50. The Hall–Kier alpha value is -1.50. The zero-order valence-corrected chi connectivity index (χ0v) is 14.3. The Balaban J connectivity index is 1.60. The van der Waals surface area contributed by atoms with Gasteiger partial charge >= 0.3 is 0 Å². The van der Waals surface area contributed by atoms with Gasteiger partial charge in [-0.3, -0.25) is 4.79 Å². The molecule has 2 aromatic heterocycles. The molecule has 1 amide bonds. The Kier molecular flexibility index (Phi) is 4.42. The SMILES string of the molecule is CC1CCN(C(=O)CCc2nn3c(C(C)C)nnc3s2)CC1. The molecule has 3 heterocycles. The van der Waals surface area contributed by atoms with Gasteiger partial charge in [-0.15, -0.1) is 10.2 Å². The molecule has 0 spiro atoms. The third-order valence-electron chi connectivity index (χ3n) is 4.26. The Bertz CT molecular complexity index is 654. The lowest BCUT2D eigenvalue weighted by Crippen LogP contribution is -2.37. The molecule has 22 heavy (non-hydrogen) atoms. The van der Waals surface area contributed by atoms with Crippen LogP contribution in [0.1, 0.15) is 56.8 Å². The number of carbonyl (C=O) groups is 1. The van der Waals surface area contributed by atoms with Crippen molar-refractivity contribution in [3.8, 4) is 0 Å². The molecule has 7 heteroatoms. The number of hydrogen-bond acceptors (Lipinski definition) is 5. The van der Waals surface area contributed by atoms with Gasteiger partial charge in [0.25, 0.3) is 0 Å². The third-order valence-corrected chi connectivity index (χ3v) is 5.22. The van der Waals surface area contributed by atoms with E-state index in [9.17, 15) is 4.79 Å². The van der Waals surface area contributed by atoms with Gasteiger partial charge in [0.1, 0.15) is 5.01 Å². The first kappa shape index (κ1) is 15.4. The van der Waals surface area contributed by atoms with Gasteiger partial charge in [-0.25, -0.2) is 0 Å². The fourth-order valence-corrected chi connectivity index (χ4v) is 3.60. The zero-order chi connectivity index (χ0) is 15.7. The van der Waals surface area contributed by atoms with Crippen molar-refractivity contribution in [2.24, 2.45) is 5.92 Å². The van der Waals surface area contributed by atoms with E-state index in [0.717, 1.165) is 47.6 Å². The van der Waals surface area contributed by atoms with E-state index in [1.807, 2.05) is 9.42 Å². The molecule has 6 nitrogen and oxygen atoms in total. The van der Waals surface area contributed by atoms with Gasteiger partial charge in [-0.05, 0) is 18.8 Å². The van der Waals surface area contributed by atoms with Crippen molar-refractivity contribution in [3.63, 3.8) is 0 Å². The van der Waals surface area contributed by atoms with Crippen LogP contribution in [0.4, 0.5) is 0 Å². The summed E-state index contributed by atoms with van der Waals surface area (Å²) in [6.07, 6.45) is 3.48. The van der Waals surface area contributed by atoms with Crippen LogP contribution < -0.4 is 0 Å². The van der Waals surface area contributed by atoms with Crippen LogP contribution in [0.15, 0.2) is 0 Å². The fraction of sp³-hybridized carbons (Fsp3) is 0.733. The van der Waals surface area contributed by atoms with Crippen molar-refractivity contribution in [3.05, 3.63) is 10.8 Å². The third kappa shape index (κ3) is 3.14. The van der Waals surface area contributed by atoms with Crippen LogP contribution in [0, 0.1) is 5.92 Å². The summed E-state index contributed by atoms with van der Waals surface area (Å²) in [6.45, 7) is 8.23. The highest BCUT2D eigenvalue weighted by molar-refractivity contribution is 7.16. The standard InChI is InChI=1S/C15H23N5OS/c1-10(2)14-16-17-15-20(14)18-12(22-15)4-5-13(21)19-8-6-11(3)7-9-19/h10-11H,4-9H2,1-3H3. The average molecular weight is 321 g/mol. The lowest BCUT2D eigenvalue weighted by atomic mass is 9.99. The number of fused-ring (bicyclic) bond motifs is 1. The van der Waals surface area contributed by atoms with Crippen LogP contribution >= 0.6 is 11.3 Å². The maximum Gasteiger partial charge on any atom is 0.234 e. The molecule has 1 fully saturated rings. The maximum absolute atomic E-state index is 12.3.